The molecule has 3 aromatic rings. The Bertz CT molecular complexity index is 1510. The molecule has 2 aromatic heterocycles. The summed E-state index contributed by atoms with van der Waals surface area (Å²) in [6, 6.07) is 3.03. The molecule has 1 aromatic carbocycles. The van der Waals surface area contributed by atoms with E-state index in [9.17, 15) is 24.6 Å². The maximum Gasteiger partial charge on any atom is 0.340 e. The van der Waals surface area contributed by atoms with Gasteiger partial charge in [-0.15, -0.1) is 0 Å². The van der Waals surface area contributed by atoms with Crippen molar-refractivity contribution < 1.29 is 24.5 Å². The van der Waals surface area contributed by atoms with Crippen LogP contribution in [0.2, 0.25) is 5.02 Å². The Morgan fingerprint density at radius 1 is 1.29 bits per heavy atom. The second kappa shape index (κ2) is 7.36. The molecule has 2 atom stereocenters. The quantitative estimate of drug-likeness (QED) is 0.370. The van der Waals surface area contributed by atoms with Gasteiger partial charge >= 0.3 is 5.97 Å². The Morgan fingerprint density at radius 2 is 2.09 bits per heavy atom. The average molecular weight is 482 g/mol. The van der Waals surface area contributed by atoms with Gasteiger partial charge in [0.25, 0.3) is 5.56 Å². The number of hydrogen-bond acceptors (Lipinski definition) is 7. The Labute approximate surface area is 197 Å². The summed E-state index contributed by atoms with van der Waals surface area (Å²) in [5.74, 6) is -1.28. The fourth-order valence-corrected chi connectivity index (χ4v) is 5.70. The van der Waals surface area contributed by atoms with Crippen LogP contribution in [0.4, 0.5) is 0 Å². The van der Waals surface area contributed by atoms with E-state index in [1.54, 1.807) is 16.7 Å². The number of aromatic nitrogens is 2. The average Bonchev–Trinajstić information content (AvgIpc) is 3.19. The minimum absolute atomic E-state index is 0.197. The van der Waals surface area contributed by atoms with E-state index in [4.69, 9.17) is 21.3 Å². The Hall–Kier alpha value is -3.27. The van der Waals surface area contributed by atoms with Crippen molar-refractivity contribution in [1.82, 2.24) is 14.9 Å². The summed E-state index contributed by atoms with van der Waals surface area (Å²) in [6.07, 6.45) is -0.251. The number of carbonyl (C=O) groups excluding carboxylic acids is 2. The van der Waals surface area contributed by atoms with Crippen molar-refractivity contribution in [1.29, 1.82) is 0 Å². The third-order valence-electron chi connectivity index (χ3n) is 7.13. The molecule has 0 fully saturated rings. The number of fused-ring (bicyclic) bond motifs is 5. The number of ether oxygens (including phenoxy) is 1. The summed E-state index contributed by atoms with van der Waals surface area (Å²) >= 11 is 6.52. The molecular formula is C24H20ClN3O6. The van der Waals surface area contributed by atoms with Crippen LogP contribution in [0.25, 0.3) is 22.3 Å². The zero-order valence-electron chi connectivity index (χ0n) is 18.1. The first-order valence-electron chi connectivity index (χ1n) is 11.0. The van der Waals surface area contributed by atoms with Gasteiger partial charge in [-0.25, -0.2) is 9.78 Å². The molecule has 0 bridgehead atoms. The van der Waals surface area contributed by atoms with Crippen molar-refractivity contribution in [2.24, 2.45) is 0 Å². The van der Waals surface area contributed by atoms with Gasteiger partial charge in [0.1, 0.15) is 13.2 Å². The Morgan fingerprint density at radius 3 is 2.85 bits per heavy atom. The number of halogens is 1. The lowest BCUT2D eigenvalue weighted by atomic mass is 9.82. The number of amides is 1. The second-order valence-corrected chi connectivity index (χ2v) is 9.30. The zero-order valence-corrected chi connectivity index (χ0v) is 18.9. The molecule has 0 saturated heterocycles. The lowest BCUT2D eigenvalue weighted by molar-refractivity contribution is -0.157. The zero-order chi connectivity index (χ0) is 23.9. The van der Waals surface area contributed by atoms with E-state index < -0.39 is 24.6 Å². The van der Waals surface area contributed by atoms with Crippen LogP contribution in [0, 0.1) is 6.92 Å². The van der Waals surface area contributed by atoms with Crippen LogP contribution < -0.4 is 10.9 Å². The minimum atomic E-state index is -1.54. The van der Waals surface area contributed by atoms with Gasteiger partial charge in [-0.1, -0.05) is 11.6 Å². The van der Waals surface area contributed by atoms with Crippen molar-refractivity contribution >= 4 is 34.4 Å². The number of aliphatic hydroxyl groups is 2. The number of nitrogens with zero attached hydrogens (tertiary/aromatic N) is 2. The van der Waals surface area contributed by atoms with E-state index in [1.807, 2.05) is 6.92 Å². The predicted molar refractivity (Wildman–Crippen MR) is 121 cm³/mol. The van der Waals surface area contributed by atoms with Gasteiger partial charge in [0.2, 0.25) is 5.91 Å². The molecule has 3 N–H and O–H groups in total. The van der Waals surface area contributed by atoms with Crippen molar-refractivity contribution in [2.75, 3.05) is 6.61 Å². The SMILES string of the molecule is Cc1c(Cl)cc2nc3c(c4c2c1CCC4NC(=O)CO)Cn1c-3cc2c(c1=O)COC(=O)C2O. The predicted octanol–water partition coefficient (Wildman–Crippen LogP) is 1.57. The molecule has 3 aliphatic rings. The standard InChI is InChI=1S/C24H20ClN3O6/c1-9-10-2-3-15(26-18(30)7-29)20-12-6-28-17(21(12)27-16(19(10)20)5-14(9)25)4-11-13(23(28)32)8-34-24(33)22(11)31/h4-5,15,22,29,31H,2-3,6-8H2,1H3,(H,26,30). The monoisotopic (exact) mass is 481 g/mol. The molecule has 1 aliphatic carbocycles. The topological polar surface area (TPSA) is 131 Å². The van der Waals surface area contributed by atoms with Crippen LogP contribution in [0.5, 0.6) is 0 Å². The van der Waals surface area contributed by atoms with Crippen LogP contribution in [0.15, 0.2) is 16.9 Å². The number of carbonyl (C=O) groups is 2. The highest BCUT2D eigenvalue weighted by Gasteiger charge is 2.37. The summed E-state index contributed by atoms with van der Waals surface area (Å²) in [6.45, 7) is 1.35. The molecule has 0 spiro atoms. The van der Waals surface area contributed by atoms with Gasteiger partial charge < -0.3 is 24.8 Å². The maximum atomic E-state index is 13.3. The molecular weight excluding hydrogens is 462 g/mol. The number of esters is 1. The molecule has 10 heteroatoms. The molecule has 2 aliphatic heterocycles. The number of benzene rings is 1. The van der Waals surface area contributed by atoms with Gasteiger partial charge in [-0.2, -0.15) is 0 Å². The first kappa shape index (κ1) is 21.3. The lowest BCUT2D eigenvalue weighted by Gasteiger charge is -2.29. The van der Waals surface area contributed by atoms with E-state index in [1.165, 1.54) is 0 Å². The van der Waals surface area contributed by atoms with Gasteiger partial charge in [0, 0.05) is 21.5 Å². The normalized spacial score (nSPS) is 19.9. The second-order valence-electron chi connectivity index (χ2n) is 8.89. The van der Waals surface area contributed by atoms with Gasteiger partial charge in [0.05, 0.1) is 35.1 Å². The summed E-state index contributed by atoms with van der Waals surface area (Å²) < 4.78 is 6.52. The van der Waals surface area contributed by atoms with Crippen molar-refractivity contribution in [3.63, 3.8) is 0 Å². The minimum Gasteiger partial charge on any atom is -0.458 e. The number of aryl methyl sites for hydroxylation is 1. The first-order chi connectivity index (χ1) is 16.3. The van der Waals surface area contributed by atoms with E-state index in [2.05, 4.69) is 5.32 Å². The van der Waals surface area contributed by atoms with Gasteiger partial charge in [0.15, 0.2) is 6.10 Å². The summed E-state index contributed by atoms with van der Waals surface area (Å²) in [5, 5.41) is 24.1. The number of cyclic esters (lactones) is 1. The van der Waals surface area contributed by atoms with E-state index in [-0.39, 0.29) is 35.9 Å². The van der Waals surface area contributed by atoms with E-state index in [0.29, 0.717) is 34.8 Å². The first-order valence-corrected chi connectivity index (χ1v) is 11.3. The van der Waals surface area contributed by atoms with Crippen molar-refractivity contribution in [2.45, 2.75) is 45.1 Å². The van der Waals surface area contributed by atoms with Crippen LogP contribution in [-0.2, 0) is 33.9 Å². The third-order valence-corrected chi connectivity index (χ3v) is 7.52. The molecule has 9 nitrogen and oxygen atoms in total. The molecule has 6 rings (SSSR count). The Balaban J connectivity index is 1.66. The highest BCUT2D eigenvalue weighted by Crippen LogP contribution is 2.45. The van der Waals surface area contributed by atoms with Crippen molar-refractivity contribution in [3.8, 4) is 11.4 Å². The molecule has 2 unspecified atom stereocenters. The van der Waals surface area contributed by atoms with Crippen LogP contribution in [0.3, 0.4) is 0 Å². The molecule has 1 amide bonds. The largest absolute Gasteiger partial charge is 0.458 e. The summed E-state index contributed by atoms with van der Waals surface area (Å²) in [7, 11) is 0. The summed E-state index contributed by atoms with van der Waals surface area (Å²) in [5.41, 5.74) is 5.44. The smallest absolute Gasteiger partial charge is 0.340 e. The van der Waals surface area contributed by atoms with Crippen LogP contribution >= 0.6 is 11.6 Å². The molecule has 0 saturated carbocycles. The van der Waals surface area contributed by atoms with Gasteiger partial charge in [-0.3, -0.25) is 9.59 Å². The fourth-order valence-electron chi connectivity index (χ4n) is 5.49. The van der Waals surface area contributed by atoms with Gasteiger partial charge in [-0.05, 0) is 48.6 Å². The van der Waals surface area contributed by atoms with E-state index in [0.717, 1.165) is 27.6 Å². The van der Waals surface area contributed by atoms with E-state index >= 15 is 0 Å². The third kappa shape index (κ3) is 2.81. The molecule has 34 heavy (non-hydrogen) atoms. The number of rotatable bonds is 2. The highest BCUT2D eigenvalue weighted by atomic mass is 35.5. The number of aliphatic hydroxyl groups excluding tert-OH is 2. The maximum absolute atomic E-state index is 13.3. The fraction of sp³-hybridized carbons (Fsp3) is 0.333. The highest BCUT2D eigenvalue weighted by molar-refractivity contribution is 6.32. The molecule has 0 radical (unpaired) electrons. The van der Waals surface area contributed by atoms with Crippen LogP contribution in [0.1, 0.15) is 51.9 Å². The van der Waals surface area contributed by atoms with Crippen molar-refractivity contribution in [3.05, 3.63) is 60.9 Å². The molecule has 4 heterocycles. The number of pyridine rings is 2. The number of hydrogen-bond donors (Lipinski definition) is 3. The molecule has 174 valence electrons. The Kier molecular flexibility index (Phi) is 4.61. The summed E-state index contributed by atoms with van der Waals surface area (Å²) in [4.78, 5) is 42.2. The van der Waals surface area contributed by atoms with Crippen LogP contribution in [-0.4, -0.2) is 38.2 Å². The lowest BCUT2D eigenvalue weighted by Crippen LogP contribution is -2.34. The number of nitrogens with one attached hydrogen (secondary N) is 1.